The Morgan fingerprint density at radius 3 is 2.18 bits per heavy atom. The summed E-state index contributed by atoms with van der Waals surface area (Å²) in [5.41, 5.74) is 0. The molecule has 0 heterocycles. The fourth-order valence-electron chi connectivity index (χ4n) is 1.42. The van der Waals surface area contributed by atoms with E-state index in [1.54, 1.807) is 0 Å². The molecule has 0 aliphatic heterocycles. The second-order valence-electron chi connectivity index (χ2n) is 5.35. The normalized spacial score (nSPS) is 10.7. The smallest absolute Gasteiger partial charge is 0.310 e. The van der Waals surface area contributed by atoms with Crippen LogP contribution in [0.25, 0.3) is 0 Å². The molecular formula is C14H22O2Si. The van der Waals surface area contributed by atoms with Crippen molar-refractivity contribution in [3.8, 4) is 24.7 Å². The summed E-state index contributed by atoms with van der Waals surface area (Å²) < 4.78 is 5.20. The molecule has 0 atom stereocenters. The van der Waals surface area contributed by atoms with Gasteiger partial charge in [0.15, 0.2) is 0 Å². The lowest BCUT2D eigenvalue weighted by molar-refractivity contribution is -0.148. The monoisotopic (exact) mass is 250 g/mol. The van der Waals surface area contributed by atoms with Crippen molar-refractivity contribution in [1.82, 2.24) is 0 Å². The third kappa shape index (κ3) is 8.60. The van der Waals surface area contributed by atoms with Crippen LogP contribution in [0.1, 0.15) is 19.3 Å². The Bertz CT molecular complexity index is 299. The van der Waals surface area contributed by atoms with Crippen LogP contribution in [0.2, 0.25) is 25.7 Å². The molecule has 17 heavy (non-hydrogen) atoms. The molecule has 0 rings (SSSR count). The minimum Gasteiger partial charge on any atom is -0.465 e. The predicted octanol–water partition coefficient (Wildman–Crippen LogP) is 2.92. The van der Waals surface area contributed by atoms with E-state index in [9.17, 15) is 4.79 Å². The van der Waals surface area contributed by atoms with Crippen LogP contribution in [0.5, 0.6) is 0 Å². The summed E-state index contributed by atoms with van der Waals surface area (Å²) in [5, 5.41) is 0. The van der Waals surface area contributed by atoms with Crippen LogP contribution >= 0.6 is 0 Å². The standard InChI is InChI=1S/C14H22O2Si/c1-6-9-13(10-7-2)14(15)16-11-8-12-17(3,4)5/h1-2,13H,8-12H2,3-5H3. The van der Waals surface area contributed by atoms with Crippen LogP contribution in [-0.2, 0) is 9.53 Å². The van der Waals surface area contributed by atoms with Gasteiger partial charge < -0.3 is 4.74 Å². The van der Waals surface area contributed by atoms with E-state index in [0.717, 1.165) is 12.5 Å². The first-order chi connectivity index (χ1) is 7.90. The number of rotatable bonds is 7. The van der Waals surface area contributed by atoms with E-state index in [4.69, 9.17) is 17.6 Å². The molecule has 0 N–H and O–H groups in total. The van der Waals surface area contributed by atoms with Crippen molar-refractivity contribution in [2.45, 2.75) is 44.9 Å². The molecule has 0 aliphatic rings. The van der Waals surface area contributed by atoms with E-state index >= 15 is 0 Å². The first kappa shape index (κ1) is 15.8. The molecule has 0 aliphatic carbocycles. The molecule has 0 bridgehead atoms. The van der Waals surface area contributed by atoms with Gasteiger partial charge in [-0.25, -0.2) is 0 Å². The van der Waals surface area contributed by atoms with Gasteiger partial charge in [0, 0.05) is 20.9 Å². The van der Waals surface area contributed by atoms with Crippen LogP contribution in [0.15, 0.2) is 0 Å². The number of carbonyl (C=O) groups is 1. The molecule has 0 aromatic heterocycles. The lowest BCUT2D eigenvalue weighted by Crippen LogP contribution is -2.21. The molecule has 0 aromatic rings. The maximum absolute atomic E-state index is 11.6. The zero-order chi connectivity index (χ0) is 13.3. The van der Waals surface area contributed by atoms with Crippen molar-refractivity contribution in [2.24, 2.45) is 5.92 Å². The van der Waals surface area contributed by atoms with Crippen molar-refractivity contribution in [2.75, 3.05) is 6.61 Å². The molecule has 0 radical (unpaired) electrons. The van der Waals surface area contributed by atoms with Crippen molar-refractivity contribution < 1.29 is 9.53 Å². The van der Waals surface area contributed by atoms with Gasteiger partial charge in [-0.15, -0.1) is 24.7 Å². The quantitative estimate of drug-likeness (QED) is 0.300. The maximum Gasteiger partial charge on any atom is 0.310 e. The molecule has 0 amide bonds. The zero-order valence-electron chi connectivity index (χ0n) is 11.1. The Morgan fingerprint density at radius 2 is 1.76 bits per heavy atom. The Kier molecular flexibility index (Phi) is 7.42. The van der Waals surface area contributed by atoms with Gasteiger partial charge in [0.05, 0.1) is 12.5 Å². The van der Waals surface area contributed by atoms with Crippen LogP contribution in [-0.4, -0.2) is 20.7 Å². The lowest BCUT2D eigenvalue weighted by atomic mass is 10.0. The Morgan fingerprint density at radius 1 is 1.24 bits per heavy atom. The van der Waals surface area contributed by atoms with E-state index in [2.05, 4.69) is 31.5 Å². The van der Waals surface area contributed by atoms with E-state index in [1.807, 2.05) is 0 Å². The van der Waals surface area contributed by atoms with Gasteiger partial charge in [-0.3, -0.25) is 4.79 Å². The largest absolute Gasteiger partial charge is 0.465 e. The summed E-state index contributed by atoms with van der Waals surface area (Å²) in [6.45, 7) is 7.38. The van der Waals surface area contributed by atoms with Crippen molar-refractivity contribution in [3.63, 3.8) is 0 Å². The van der Waals surface area contributed by atoms with Gasteiger partial charge in [0.1, 0.15) is 0 Å². The first-order valence-corrected chi connectivity index (χ1v) is 9.65. The summed E-state index contributed by atoms with van der Waals surface area (Å²) in [5.74, 6) is 4.33. The summed E-state index contributed by atoms with van der Waals surface area (Å²) in [6.07, 6.45) is 12.0. The minimum atomic E-state index is -1.04. The second kappa shape index (κ2) is 7.98. The molecule has 3 heteroatoms. The molecule has 2 nitrogen and oxygen atoms in total. The molecular weight excluding hydrogens is 228 g/mol. The minimum absolute atomic E-state index is 0.253. The van der Waals surface area contributed by atoms with Crippen molar-refractivity contribution in [1.29, 1.82) is 0 Å². The van der Waals surface area contributed by atoms with Gasteiger partial charge in [-0.05, 0) is 6.42 Å². The number of ether oxygens (including phenoxy) is 1. The van der Waals surface area contributed by atoms with E-state index in [-0.39, 0.29) is 11.9 Å². The first-order valence-electron chi connectivity index (χ1n) is 5.94. The summed E-state index contributed by atoms with van der Waals surface area (Å²) in [7, 11) is -1.04. The number of hydrogen-bond acceptors (Lipinski definition) is 2. The SMILES string of the molecule is C#CCC(CC#C)C(=O)OCCC[Si](C)(C)C. The highest BCUT2D eigenvalue weighted by molar-refractivity contribution is 6.76. The van der Waals surface area contributed by atoms with Crippen LogP contribution in [0.4, 0.5) is 0 Å². The average Bonchev–Trinajstić information content (AvgIpc) is 2.22. The Hall–Kier alpha value is -1.19. The number of terminal acetylenes is 2. The molecule has 94 valence electrons. The van der Waals surface area contributed by atoms with Gasteiger partial charge >= 0.3 is 5.97 Å². The second-order valence-corrected chi connectivity index (χ2v) is 11.0. The third-order valence-corrected chi connectivity index (χ3v) is 4.23. The number of hydrogen-bond donors (Lipinski definition) is 0. The van der Waals surface area contributed by atoms with Gasteiger partial charge in [-0.2, -0.15) is 0 Å². The van der Waals surface area contributed by atoms with E-state index in [1.165, 1.54) is 0 Å². The summed E-state index contributed by atoms with van der Waals surface area (Å²) >= 11 is 0. The molecule has 0 aromatic carbocycles. The van der Waals surface area contributed by atoms with Gasteiger partial charge in [-0.1, -0.05) is 25.7 Å². The highest BCUT2D eigenvalue weighted by Gasteiger charge is 2.18. The molecule has 0 saturated carbocycles. The molecule has 0 saturated heterocycles. The zero-order valence-corrected chi connectivity index (χ0v) is 12.1. The van der Waals surface area contributed by atoms with Crippen LogP contribution in [0, 0.1) is 30.6 Å². The highest BCUT2D eigenvalue weighted by atomic mass is 28.3. The number of esters is 1. The van der Waals surface area contributed by atoms with Crippen molar-refractivity contribution >= 4 is 14.0 Å². The highest BCUT2D eigenvalue weighted by Crippen LogP contribution is 2.13. The number of carbonyl (C=O) groups excluding carboxylic acids is 1. The summed E-state index contributed by atoms with van der Waals surface area (Å²) in [6, 6.07) is 1.16. The maximum atomic E-state index is 11.6. The van der Waals surface area contributed by atoms with Gasteiger partial charge in [0.25, 0.3) is 0 Å². The Balaban J connectivity index is 3.92. The fourth-order valence-corrected chi connectivity index (χ4v) is 2.62. The average molecular weight is 250 g/mol. The lowest BCUT2D eigenvalue weighted by Gasteiger charge is -2.16. The Labute approximate surface area is 106 Å². The summed E-state index contributed by atoms with van der Waals surface area (Å²) in [4.78, 5) is 11.6. The predicted molar refractivity (Wildman–Crippen MR) is 74.1 cm³/mol. The third-order valence-electron chi connectivity index (χ3n) is 2.38. The molecule has 0 fully saturated rings. The fraction of sp³-hybridized carbons (Fsp3) is 0.643. The molecule has 0 spiro atoms. The van der Waals surface area contributed by atoms with E-state index < -0.39 is 8.07 Å². The molecule has 0 unspecified atom stereocenters. The van der Waals surface area contributed by atoms with Gasteiger partial charge in [0.2, 0.25) is 0 Å². The van der Waals surface area contributed by atoms with E-state index in [0.29, 0.717) is 19.4 Å². The van der Waals surface area contributed by atoms with Crippen LogP contribution < -0.4 is 0 Å². The van der Waals surface area contributed by atoms with Crippen molar-refractivity contribution in [3.05, 3.63) is 0 Å². The van der Waals surface area contributed by atoms with Crippen LogP contribution in [0.3, 0.4) is 0 Å². The topological polar surface area (TPSA) is 26.3 Å².